The number of hydrogen-bond acceptors (Lipinski definition) is 3. The van der Waals surface area contributed by atoms with Crippen molar-refractivity contribution in [2.24, 2.45) is 23.3 Å². The molecule has 0 radical (unpaired) electrons. The molecule has 0 saturated heterocycles. The van der Waals surface area contributed by atoms with Crippen LogP contribution in [0.2, 0.25) is 0 Å². The van der Waals surface area contributed by atoms with E-state index in [2.05, 4.69) is 19.2 Å². The lowest BCUT2D eigenvalue weighted by atomic mass is 9.88. The van der Waals surface area contributed by atoms with E-state index in [1.807, 2.05) is 0 Å². The fraction of sp³-hybridized carbons (Fsp3) is 0.857. The molecule has 0 aromatic rings. The number of rotatable bonds is 11. The Morgan fingerprint density at radius 1 is 1.11 bits per heavy atom. The van der Waals surface area contributed by atoms with Crippen LogP contribution in [0.3, 0.4) is 0 Å². The Labute approximate surface area is 116 Å². The second-order valence-electron chi connectivity index (χ2n) is 5.39. The van der Waals surface area contributed by atoms with E-state index >= 15 is 0 Å². The number of amides is 2. The SMILES string of the molecule is CC(C)C(CCN)CCC(=O)NCCCCC(N)=O. The van der Waals surface area contributed by atoms with Gasteiger partial charge in [0.2, 0.25) is 11.8 Å². The summed E-state index contributed by atoms with van der Waals surface area (Å²) in [4.78, 5) is 22.2. The van der Waals surface area contributed by atoms with Crippen LogP contribution in [-0.4, -0.2) is 24.9 Å². The van der Waals surface area contributed by atoms with Crippen molar-refractivity contribution in [2.45, 2.75) is 52.4 Å². The van der Waals surface area contributed by atoms with Gasteiger partial charge in [-0.2, -0.15) is 0 Å². The average molecular weight is 271 g/mol. The van der Waals surface area contributed by atoms with E-state index < -0.39 is 0 Å². The summed E-state index contributed by atoms with van der Waals surface area (Å²) in [7, 11) is 0. The van der Waals surface area contributed by atoms with Crippen molar-refractivity contribution < 1.29 is 9.59 Å². The minimum absolute atomic E-state index is 0.0850. The first-order chi connectivity index (χ1) is 8.97. The van der Waals surface area contributed by atoms with E-state index in [0.29, 0.717) is 37.8 Å². The second-order valence-corrected chi connectivity index (χ2v) is 5.39. The number of nitrogens with one attached hydrogen (secondary N) is 1. The normalized spacial score (nSPS) is 12.4. The van der Waals surface area contributed by atoms with Crippen LogP contribution in [0, 0.1) is 11.8 Å². The Bertz CT molecular complexity index is 267. The lowest BCUT2D eigenvalue weighted by Gasteiger charge is -2.19. The van der Waals surface area contributed by atoms with Crippen molar-refractivity contribution in [3.05, 3.63) is 0 Å². The molecule has 5 N–H and O–H groups in total. The topological polar surface area (TPSA) is 98.2 Å². The highest BCUT2D eigenvalue weighted by Crippen LogP contribution is 2.20. The van der Waals surface area contributed by atoms with E-state index in [4.69, 9.17) is 11.5 Å². The molecule has 5 heteroatoms. The molecule has 0 rings (SSSR count). The van der Waals surface area contributed by atoms with Crippen molar-refractivity contribution in [1.29, 1.82) is 0 Å². The van der Waals surface area contributed by atoms with Crippen LogP contribution in [0.4, 0.5) is 0 Å². The second kappa shape index (κ2) is 10.8. The first-order valence-corrected chi connectivity index (χ1v) is 7.22. The number of carbonyl (C=O) groups excluding carboxylic acids is 2. The van der Waals surface area contributed by atoms with Crippen LogP contribution < -0.4 is 16.8 Å². The molecule has 2 amide bonds. The van der Waals surface area contributed by atoms with Crippen molar-refractivity contribution in [2.75, 3.05) is 13.1 Å². The third-order valence-electron chi connectivity index (χ3n) is 3.39. The standard InChI is InChI=1S/C14H29N3O2/c1-11(2)12(8-9-15)6-7-14(19)17-10-4-3-5-13(16)18/h11-12H,3-10,15H2,1-2H3,(H2,16,18)(H,17,19). The first kappa shape index (κ1) is 17.9. The molecule has 5 nitrogen and oxygen atoms in total. The Morgan fingerprint density at radius 2 is 1.79 bits per heavy atom. The summed E-state index contributed by atoms with van der Waals surface area (Å²) in [5.41, 5.74) is 10.6. The van der Waals surface area contributed by atoms with Gasteiger partial charge in [-0.15, -0.1) is 0 Å². The number of primary amides is 1. The molecule has 0 aliphatic rings. The van der Waals surface area contributed by atoms with Gasteiger partial charge in [-0.25, -0.2) is 0 Å². The summed E-state index contributed by atoms with van der Waals surface area (Å²) in [6.07, 6.45) is 4.34. The van der Waals surface area contributed by atoms with E-state index in [0.717, 1.165) is 25.7 Å². The zero-order chi connectivity index (χ0) is 14.7. The molecule has 0 aromatic heterocycles. The maximum absolute atomic E-state index is 11.6. The fourth-order valence-electron chi connectivity index (χ4n) is 2.08. The zero-order valence-electron chi connectivity index (χ0n) is 12.3. The summed E-state index contributed by atoms with van der Waals surface area (Å²) in [6.45, 7) is 5.64. The molecule has 0 aromatic carbocycles. The fourth-order valence-corrected chi connectivity index (χ4v) is 2.08. The summed E-state index contributed by atoms with van der Waals surface area (Å²) in [5.74, 6) is 0.882. The lowest BCUT2D eigenvalue weighted by molar-refractivity contribution is -0.121. The number of carbonyl (C=O) groups is 2. The Hall–Kier alpha value is -1.10. The van der Waals surface area contributed by atoms with Crippen molar-refractivity contribution in [3.8, 4) is 0 Å². The molecule has 0 spiro atoms. The maximum atomic E-state index is 11.6. The number of nitrogens with two attached hydrogens (primary N) is 2. The lowest BCUT2D eigenvalue weighted by Crippen LogP contribution is -2.26. The van der Waals surface area contributed by atoms with Gasteiger partial charge in [-0.3, -0.25) is 9.59 Å². The Morgan fingerprint density at radius 3 is 2.32 bits per heavy atom. The average Bonchev–Trinajstić information content (AvgIpc) is 2.33. The maximum Gasteiger partial charge on any atom is 0.220 e. The molecule has 0 fully saturated rings. The molecule has 19 heavy (non-hydrogen) atoms. The molecular weight excluding hydrogens is 242 g/mol. The molecule has 0 aliphatic heterocycles. The van der Waals surface area contributed by atoms with Gasteiger partial charge in [0.25, 0.3) is 0 Å². The van der Waals surface area contributed by atoms with E-state index in [-0.39, 0.29) is 11.8 Å². The summed E-state index contributed by atoms with van der Waals surface area (Å²) < 4.78 is 0. The molecule has 0 saturated carbocycles. The highest BCUT2D eigenvalue weighted by molar-refractivity contribution is 5.75. The Kier molecular flexibility index (Phi) is 10.2. The molecule has 0 heterocycles. The van der Waals surface area contributed by atoms with Gasteiger partial charge < -0.3 is 16.8 Å². The molecule has 1 unspecified atom stereocenters. The molecular formula is C14H29N3O2. The highest BCUT2D eigenvalue weighted by Gasteiger charge is 2.14. The van der Waals surface area contributed by atoms with E-state index in [9.17, 15) is 9.59 Å². The summed E-state index contributed by atoms with van der Waals surface area (Å²) in [6, 6.07) is 0. The van der Waals surface area contributed by atoms with Crippen LogP contribution in [0.15, 0.2) is 0 Å². The summed E-state index contributed by atoms with van der Waals surface area (Å²) >= 11 is 0. The van der Waals surface area contributed by atoms with Crippen LogP contribution in [0.25, 0.3) is 0 Å². The molecule has 1 atom stereocenters. The summed E-state index contributed by atoms with van der Waals surface area (Å²) in [5, 5.41) is 2.87. The van der Waals surface area contributed by atoms with Gasteiger partial charge in [0.15, 0.2) is 0 Å². The van der Waals surface area contributed by atoms with E-state index in [1.54, 1.807) is 0 Å². The highest BCUT2D eigenvalue weighted by atomic mass is 16.1. The number of hydrogen-bond donors (Lipinski definition) is 3. The van der Waals surface area contributed by atoms with Gasteiger partial charge >= 0.3 is 0 Å². The van der Waals surface area contributed by atoms with Gasteiger partial charge in [0.1, 0.15) is 0 Å². The minimum Gasteiger partial charge on any atom is -0.370 e. The van der Waals surface area contributed by atoms with Gasteiger partial charge in [0, 0.05) is 19.4 Å². The van der Waals surface area contributed by atoms with Gasteiger partial charge in [0.05, 0.1) is 0 Å². The predicted molar refractivity (Wildman–Crippen MR) is 77.3 cm³/mol. The predicted octanol–water partition coefficient (Wildman–Crippen LogP) is 1.16. The third-order valence-corrected chi connectivity index (χ3v) is 3.39. The van der Waals surface area contributed by atoms with Crippen LogP contribution >= 0.6 is 0 Å². The van der Waals surface area contributed by atoms with Crippen molar-refractivity contribution >= 4 is 11.8 Å². The van der Waals surface area contributed by atoms with Crippen LogP contribution in [-0.2, 0) is 9.59 Å². The molecule has 0 bridgehead atoms. The first-order valence-electron chi connectivity index (χ1n) is 7.22. The van der Waals surface area contributed by atoms with Gasteiger partial charge in [-0.05, 0) is 44.1 Å². The Balaban J connectivity index is 3.65. The molecule has 112 valence electrons. The zero-order valence-corrected chi connectivity index (χ0v) is 12.3. The van der Waals surface area contributed by atoms with Crippen LogP contribution in [0.1, 0.15) is 52.4 Å². The largest absolute Gasteiger partial charge is 0.370 e. The third kappa shape index (κ3) is 10.5. The minimum atomic E-state index is -0.284. The smallest absolute Gasteiger partial charge is 0.220 e. The van der Waals surface area contributed by atoms with Crippen molar-refractivity contribution in [3.63, 3.8) is 0 Å². The quantitative estimate of drug-likeness (QED) is 0.492. The van der Waals surface area contributed by atoms with Crippen LogP contribution in [0.5, 0.6) is 0 Å². The van der Waals surface area contributed by atoms with E-state index in [1.165, 1.54) is 0 Å². The number of unbranched alkanes of at least 4 members (excludes halogenated alkanes) is 1. The van der Waals surface area contributed by atoms with Crippen molar-refractivity contribution in [1.82, 2.24) is 5.32 Å². The molecule has 0 aliphatic carbocycles. The van der Waals surface area contributed by atoms with Gasteiger partial charge in [-0.1, -0.05) is 13.8 Å². The monoisotopic (exact) mass is 271 g/mol.